The van der Waals surface area contributed by atoms with Gasteiger partial charge >= 0.3 is 0 Å². The molecule has 4 nitrogen and oxygen atoms in total. The number of rotatable bonds is 8. The molecule has 1 atom stereocenters. The highest BCUT2D eigenvalue weighted by Gasteiger charge is 2.66. The van der Waals surface area contributed by atoms with Gasteiger partial charge in [0.05, 0.1) is 5.52 Å². The van der Waals surface area contributed by atoms with E-state index in [2.05, 4.69) is 37.1 Å². The highest BCUT2D eigenvalue weighted by Crippen LogP contribution is 2.55. The van der Waals surface area contributed by atoms with Crippen LogP contribution in [0.5, 0.6) is 0 Å². The summed E-state index contributed by atoms with van der Waals surface area (Å²) in [5, 5.41) is 8.69. The van der Waals surface area contributed by atoms with Crippen molar-refractivity contribution in [2.75, 3.05) is 0 Å². The maximum atomic E-state index is 6.13. The van der Waals surface area contributed by atoms with Crippen molar-refractivity contribution in [3.63, 3.8) is 0 Å². The molecule has 0 radical (unpaired) electrons. The zero-order valence-electron chi connectivity index (χ0n) is 14.0. The summed E-state index contributed by atoms with van der Waals surface area (Å²) in [6.45, 7) is 6.56. The summed E-state index contributed by atoms with van der Waals surface area (Å²) < 4.78 is 8.14. The fourth-order valence-electron chi connectivity index (χ4n) is 3.43. The van der Waals surface area contributed by atoms with Crippen LogP contribution in [-0.4, -0.2) is 20.6 Å². The minimum absolute atomic E-state index is 0.160. The van der Waals surface area contributed by atoms with Crippen molar-refractivity contribution in [3.05, 3.63) is 24.3 Å². The number of aromatic nitrogens is 3. The summed E-state index contributed by atoms with van der Waals surface area (Å²) in [6, 6.07) is 8.12. The van der Waals surface area contributed by atoms with Gasteiger partial charge in [0.2, 0.25) is 0 Å². The summed E-state index contributed by atoms with van der Waals surface area (Å²) in [4.78, 5) is 0. The van der Waals surface area contributed by atoms with Crippen molar-refractivity contribution < 1.29 is 4.74 Å². The Morgan fingerprint density at radius 1 is 1.05 bits per heavy atom. The van der Waals surface area contributed by atoms with Gasteiger partial charge in [0.1, 0.15) is 11.1 Å². The molecule has 4 heteroatoms. The first kappa shape index (κ1) is 15.5. The summed E-state index contributed by atoms with van der Waals surface area (Å²) in [6.07, 6.45) is 8.78. The number of hydrogen-bond donors (Lipinski definition) is 0. The van der Waals surface area contributed by atoms with Crippen molar-refractivity contribution in [2.45, 2.75) is 77.0 Å². The van der Waals surface area contributed by atoms with Crippen LogP contribution in [0.3, 0.4) is 0 Å². The summed E-state index contributed by atoms with van der Waals surface area (Å²) in [5.74, 6) is 0. The Balaban J connectivity index is 1.70. The second-order valence-corrected chi connectivity index (χ2v) is 6.90. The Morgan fingerprint density at radius 2 is 1.73 bits per heavy atom. The number of hydrogen-bond acceptors (Lipinski definition) is 3. The van der Waals surface area contributed by atoms with Gasteiger partial charge in [-0.3, -0.25) is 0 Å². The predicted molar refractivity (Wildman–Crippen MR) is 88.7 cm³/mol. The van der Waals surface area contributed by atoms with Gasteiger partial charge in [-0.25, -0.2) is 4.68 Å². The molecule has 0 bridgehead atoms. The van der Waals surface area contributed by atoms with E-state index in [1.165, 1.54) is 38.5 Å². The van der Waals surface area contributed by atoms with E-state index in [4.69, 9.17) is 4.74 Å². The molecule has 1 fully saturated rings. The second kappa shape index (κ2) is 5.99. The van der Waals surface area contributed by atoms with Crippen LogP contribution in [0, 0.1) is 0 Å². The molecule has 2 heterocycles. The zero-order valence-corrected chi connectivity index (χ0v) is 14.0. The van der Waals surface area contributed by atoms with E-state index in [1.54, 1.807) is 0 Å². The maximum absolute atomic E-state index is 6.13. The summed E-state index contributed by atoms with van der Waals surface area (Å²) >= 11 is 0. The molecular weight excluding hydrogens is 274 g/mol. The highest BCUT2D eigenvalue weighted by molar-refractivity contribution is 5.74. The van der Waals surface area contributed by atoms with Gasteiger partial charge < -0.3 is 4.74 Å². The summed E-state index contributed by atoms with van der Waals surface area (Å²) in [7, 11) is 0. The van der Waals surface area contributed by atoms with Crippen LogP contribution >= 0.6 is 0 Å². The lowest BCUT2D eigenvalue weighted by Crippen LogP contribution is -2.27. The van der Waals surface area contributed by atoms with Gasteiger partial charge in [0.25, 0.3) is 0 Å². The molecule has 0 saturated carbocycles. The normalized spacial score (nSPS) is 23.0. The molecule has 3 rings (SSSR count). The zero-order chi connectivity index (χ0) is 15.6. The third-order valence-corrected chi connectivity index (χ3v) is 4.89. The van der Waals surface area contributed by atoms with Gasteiger partial charge in [0.15, 0.2) is 5.72 Å². The number of benzene rings is 1. The van der Waals surface area contributed by atoms with Crippen molar-refractivity contribution in [3.8, 4) is 0 Å². The predicted octanol–water partition coefficient (Wildman–Crippen LogP) is 4.64. The number of unbranched alkanes of at least 4 members (excludes halogenated alkanes) is 5. The van der Waals surface area contributed by atoms with Crippen LogP contribution in [0.2, 0.25) is 0 Å². The lowest BCUT2D eigenvalue weighted by molar-refractivity contribution is 0.185. The van der Waals surface area contributed by atoms with Crippen LogP contribution in [0.4, 0.5) is 0 Å². The monoisotopic (exact) mass is 301 g/mol. The minimum atomic E-state index is -0.312. The van der Waals surface area contributed by atoms with Crippen LogP contribution in [0.25, 0.3) is 11.0 Å². The largest absolute Gasteiger partial charge is 0.340 e. The number of ether oxygens (including phenoxy) is 1. The van der Waals surface area contributed by atoms with Crippen LogP contribution in [-0.2, 0) is 10.5 Å². The molecule has 120 valence electrons. The van der Waals surface area contributed by atoms with Crippen molar-refractivity contribution in [1.29, 1.82) is 0 Å². The van der Waals surface area contributed by atoms with Crippen LogP contribution in [0.15, 0.2) is 24.3 Å². The molecule has 0 aliphatic carbocycles. The number of para-hydroxylation sites is 1. The first-order valence-electron chi connectivity index (χ1n) is 8.62. The van der Waals surface area contributed by atoms with Crippen LogP contribution in [0.1, 0.15) is 65.7 Å². The molecule has 1 unspecified atom stereocenters. The number of epoxide rings is 1. The van der Waals surface area contributed by atoms with E-state index in [1.807, 2.05) is 22.9 Å². The second-order valence-electron chi connectivity index (χ2n) is 6.90. The van der Waals surface area contributed by atoms with E-state index in [0.717, 1.165) is 17.5 Å². The quantitative estimate of drug-likeness (QED) is 0.527. The highest BCUT2D eigenvalue weighted by atomic mass is 16.6. The van der Waals surface area contributed by atoms with E-state index in [0.29, 0.717) is 0 Å². The molecule has 1 saturated heterocycles. The van der Waals surface area contributed by atoms with Gasteiger partial charge in [-0.05, 0) is 32.4 Å². The molecule has 22 heavy (non-hydrogen) atoms. The van der Waals surface area contributed by atoms with Crippen molar-refractivity contribution in [2.24, 2.45) is 0 Å². The van der Waals surface area contributed by atoms with Gasteiger partial charge in [0, 0.05) is 6.42 Å². The lowest BCUT2D eigenvalue weighted by Gasteiger charge is -2.16. The number of nitrogens with zero attached hydrogens (tertiary/aromatic N) is 3. The molecular formula is C18H27N3O. The fourth-order valence-corrected chi connectivity index (χ4v) is 3.43. The molecule has 1 aliphatic rings. The van der Waals surface area contributed by atoms with E-state index in [9.17, 15) is 0 Å². The first-order valence-corrected chi connectivity index (χ1v) is 8.62. The standard InChI is InChI=1S/C18H27N3O/c1-4-5-6-7-8-11-14-18(17(2,3)22-18)21-16-13-10-9-12-15(16)19-20-21/h9-10,12-13H,4-8,11,14H2,1-3H3. The Labute approximate surface area is 132 Å². The molecule has 1 aromatic heterocycles. The molecule has 2 aromatic rings. The van der Waals surface area contributed by atoms with Crippen molar-refractivity contribution >= 4 is 11.0 Å². The van der Waals surface area contributed by atoms with E-state index in [-0.39, 0.29) is 11.3 Å². The third kappa shape index (κ3) is 2.65. The third-order valence-electron chi connectivity index (χ3n) is 4.89. The average Bonchev–Trinajstić information content (AvgIpc) is 2.86. The Hall–Kier alpha value is -1.42. The molecule has 0 spiro atoms. The van der Waals surface area contributed by atoms with Gasteiger partial charge in [-0.2, -0.15) is 0 Å². The van der Waals surface area contributed by atoms with E-state index < -0.39 is 0 Å². The molecule has 1 aliphatic heterocycles. The Kier molecular flexibility index (Phi) is 4.22. The first-order chi connectivity index (χ1) is 10.6. The Bertz CT molecular complexity index is 634. The SMILES string of the molecule is CCCCCCCCC1(n2nnc3ccccc32)OC1(C)C. The maximum Gasteiger partial charge on any atom is 0.192 e. The lowest BCUT2D eigenvalue weighted by atomic mass is 9.97. The van der Waals surface area contributed by atoms with Crippen molar-refractivity contribution in [1.82, 2.24) is 15.0 Å². The Morgan fingerprint density at radius 3 is 2.45 bits per heavy atom. The smallest absolute Gasteiger partial charge is 0.192 e. The van der Waals surface area contributed by atoms with E-state index >= 15 is 0 Å². The fraction of sp³-hybridized carbons (Fsp3) is 0.667. The molecule has 1 aromatic carbocycles. The van der Waals surface area contributed by atoms with Gasteiger partial charge in [-0.15, -0.1) is 5.10 Å². The average molecular weight is 301 g/mol. The summed E-state index contributed by atoms with van der Waals surface area (Å²) in [5.41, 5.74) is 1.54. The topological polar surface area (TPSA) is 43.2 Å². The van der Waals surface area contributed by atoms with Gasteiger partial charge in [-0.1, -0.05) is 56.4 Å². The molecule has 0 N–H and O–H groups in total. The molecule has 0 amide bonds. The number of fused-ring (bicyclic) bond motifs is 1. The van der Waals surface area contributed by atoms with Crippen LogP contribution < -0.4 is 0 Å². The minimum Gasteiger partial charge on any atom is -0.340 e.